The molecule has 0 spiro atoms. The summed E-state index contributed by atoms with van der Waals surface area (Å²) in [7, 11) is 0. The summed E-state index contributed by atoms with van der Waals surface area (Å²) >= 11 is 0. The van der Waals surface area contributed by atoms with Crippen LogP contribution in [-0.2, 0) is 9.53 Å². The molecule has 0 amide bonds. The maximum atomic E-state index is 11.0. The molecule has 0 atom stereocenters. The number of carbonyl (C=O) groups is 2. The highest BCUT2D eigenvalue weighted by molar-refractivity contribution is 5.95. The fourth-order valence-corrected chi connectivity index (χ4v) is 1.10. The zero-order valence-corrected chi connectivity index (χ0v) is 10.7. The molecule has 0 heterocycles. The molecule has 0 aliphatic carbocycles. The summed E-state index contributed by atoms with van der Waals surface area (Å²) in [4.78, 5) is 21.2. The van der Waals surface area contributed by atoms with E-state index in [1.807, 2.05) is 37.3 Å². The third kappa shape index (κ3) is 7.18. The Kier molecular flexibility index (Phi) is 8.83. The van der Waals surface area contributed by atoms with Crippen LogP contribution in [0.25, 0.3) is 0 Å². The molecular weight excluding hydrogens is 230 g/mol. The number of ether oxygens (including phenoxy) is 1. The number of ketones is 1. The van der Waals surface area contributed by atoms with Gasteiger partial charge in [-0.25, -0.2) is 0 Å². The molecule has 0 saturated carbocycles. The normalized spacial score (nSPS) is 8.50. The third-order valence-electron chi connectivity index (χ3n) is 1.95. The molecule has 0 bridgehead atoms. The molecule has 4 heteroatoms. The van der Waals surface area contributed by atoms with Crippen molar-refractivity contribution in [1.82, 2.24) is 0 Å². The first-order chi connectivity index (χ1) is 8.65. The van der Waals surface area contributed by atoms with Crippen LogP contribution in [0.4, 0.5) is 0 Å². The van der Waals surface area contributed by atoms with Crippen molar-refractivity contribution in [2.75, 3.05) is 6.61 Å². The van der Waals surface area contributed by atoms with Crippen LogP contribution < -0.4 is 0 Å². The molecule has 0 aromatic heterocycles. The van der Waals surface area contributed by atoms with Crippen molar-refractivity contribution in [3.8, 4) is 6.07 Å². The Labute approximate surface area is 107 Å². The number of Topliss-reactive ketones (excluding diaryl/α,β-unsaturated/α-hetero) is 1. The number of nitrogens with zero attached hydrogens (tertiary/aromatic N) is 1. The van der Waals surface area contributed by atoms with Crippen molar-refractivity contribution in [1.29, 1.82) is 5.26 Å². The maximum Gasteiger partial charge on any atom is 0.320 e. The topological polar surface area (TPSA) is 67.2 Å². The second-order valence-corrected chi connectivity index (χ2v) is 3.28. The number of esters is 1. The van der Waals surface area contributed by atoms with Gasteiger partial charge in [0.1, 0.15) is 6.42 Å². The number of benzene rings is 1. The van der Waals surface area contributed by atoms with Crippen LogP contribution in [-0.4, -0.2) is 18.4 Å². The Morgan fingerprint density at radius 2 is 1.83 bits per heavy atom. The second-order valence-electron chi connectivity index (χ2n) is 3.28. The van der Waals surface area contributed by atoms with E-state index in [-0.39, 0.29) is 12.2 Å². The van der Waals surface area contributed by atoms with Gasteiger partial charge in [-0.05, 0) is 6.92 Å². The van der Waals surface area contributed by atoms with E-state index in [1.165, 1.54) is 0 Å². The van der Waals surface area contributed by atoms with Crippen molar-refractivity contribution >= 4 is 11.8 Å². The average Bonchev–Trinajstić information content (AvgIpc) is 2.40. The van der Waals surface area contributed by atoms with Gasteiger partial charge < -0.3 is 4.74 Å². The lowest BCUT2D eigenvalue weighted by molar-refractivity contribution is -0.141. The minimum Gasteiger partial charge on any atom is -0.465 e. The van der Waals surface area contributed by atoms with Gasteiger partial charge in [-0.2, -0.15) is 5.26 Å². The maximum absolute atomic E-state index is 11.0. The number of hydrogen-bond acceptors (Lipinski definition) is 4. The predicted molar refractivity (Wildman–Crippen MR) is 67.9 cm³/mol. The molecule has 1 aromatic carbocycles. The molecule has 0 unspecified atom stereocenters. The second kappa shape index (κ2) is 10.0. The quantitative estimate of drug-likeness (QED) is 0.606. The fraction of sp³-hybridized carbons (Fsp3) is 0.357. The smallest absolute Gasteiger partial charge is 0.320 e. The van der Waals surface area contributed by atoms with Crippen LogP contribution >= 0.6 is 0 Å². The molecule has 0 aliphatic rings. The highest BCUT2D eigenvalue weighted by Crippen LogP contribution is 2.01. The summed E-state index contributed by atoms with van der Waals surface area (Å²) in [5.74, 6) is -0.240. The van der Waals surface area contributed by atoms with Gasteiger partial charge in [-0.1, -0.05) is 37.3 Å². The third-order valence-corrected chi connectivity index (χ3v) is 1.95. The monoisotopic (exact) mass is 247 g/mol. The Hall–Kier alpha value is -2.15. The summed E-state index contributed by atoms with van der Waals surface area (Å²) in [6.07, 6.45) is 0.442. The molecule has 0 aliphatic heterocycles. The Morgan fingerprint density at radius 3 is 2.28 bits per heavy atom. The molecule has 96 valence electrons. The number of nitriles is 1. The van der Waals surface area contributed by atoms with E-state index in [0.29, 0.717) is 13.0 Å². The van der Waals surface area contributed by atoms with E-state index in [4.69, 9.17) is 5.26 Å². The van der Waals surface area contributed by atoms with E-state index >= 15 is 0 Å². The molecule has 0 saturated heterocycles. The van der Waals surface area contributed by atoms with Crippen LogP contribution in [0.1, 0.15) is 37.0 Å². The molecule has 1 aromatic rings. The lowest BCUT2D eigenvalue weighted by Crippen LogP contribution is -2.01. The lowest BCUT2D eigenvalue weighted by Gasteiger charge is -1.93. The molecule has 0 radical (unpaired) electrons. The van der Waals surface area contributed by atoms with Gasteiger partial charge in [0.25, 0.3) is 0 Å². The fourth-order valence-electron chi connectivity index (χ4n) is 1.10. The predicted octanol–water partition coefficient (Wildman–Crippen LogP) is 2.74. The average molecular weight is 247 g/mol. The first-order valence-electron chi connectivity index (χ1n) is 5.76. The summed E-state index contributed by atoms with van der Waals surface area (Å²) in [6.45, 7) is 3.92. The van der Waals surface area contributed by atoms with Gasteiger partial charge in [-0.3, -0.25) is 9.59 Å². The molecular formula is C14H17NO3. The SMILES string of the molecule is CCC(=O)c1ccccc1.CCOC(=O)CC#N. The first kappa shape index (κ1) is 15.9. The van der Waals surface area contributed by atoms with Crippen molar-refractivity contribution in [3.63, 3.8) is 0 Å². The number of rotatable bonds is 4. The van der Waals surface area contributed by atoms with E-state index < -0.39 is 5.97 Å². The van der Waals surface area contributed by atoms with Crippen LogP contribution in [0.3, 0.4) is 0 Å². The van der Waals surface area contributed by atoms with E-state index in [9.17, 15) is 9.59 Å². The van der Waals surface area contributed by atoms with Gasteiger partial charge in [0, 0.05) is 12.0 Å². The molecule has 0 N–H and O–H groups in total. The van der Waals surface area contributed by atoms with Crippen molar-refractivity contribution in [2.45, 2.75) is 26.7 Å². The zero-order valence-electron chi connectivity index (χ0n) is 10.7. The van der Waals surface area contributed by atoms with Crippen molar-refractivity contribution < 1.29 is 14.3 Å². The minimum absolute atomic E-state index is 0.145. The van der Waals surface area contributed by atoms with Gasteiger partial charge in [-0.15, -0.1) is 0 Å². The largest absolute Gasteiger partial charge is 0.465 e. The van der Waals surface area contributed by atoms with Gasteiger partial charge in [0.15, 0.2) is 5.78 Å². The molecule has 1 rings (SSSR count). The summed E-state index contributed by atoms with van der Waals surface area (Å²) in [6, 6.07) is 11.0. The Morgan fingerprint density at radius 1 is 1.22 bits per heavy atom. The first-order valence-corrected chi connectivity index (χ1v) is 5.76. The highest BCUT2D eigenvalue weighted by Gasteiger charge is 1.98. The lowest BCUT2D eigenvalue weighted by atomic mass is 10.1. The van der Waals surface area contributed by atoms with Gasteiger partial charge in [0.2, 0.25) is 0 Å². The van der Waals surface area contributed by atoms with Crippen LogP contribution in [0.5, 0.6) is 0 Å². The Bertz CT molecular complexity index is 407. The van der Waals surface area contributed by atoms with E-state index in [2.05, 4.69) is 4.74 Å². The molecule has 4 nitrogen and oxygen atoms in total. The molecule has 0 fully saturated rings. The molecule has 18 heavy (non-hydrogen) atoms. The minimum atomic E-state index is -0.449. The van der Waals surface area contributed by atoms with Crippen molar-refractivity contribution in [3.05, 3.63) is 35.9 Å². The Balaban J connectivity index is 0.000000331. The van der Waals surface area contributed by atoms with Gasteiger partial charge >= 0.3 is 5.97 Å². The summed E-state index contributed by atoms with van der Waals surface area (Å²) in [5, 5.41) is 7.91. The standard InChI is InChI=1S/C9H10O.C5H7NO2/c1-2-9(10)8-6-4-3-5-7-8;1-2-8-5(7)3-4-6/h3-7H,2H2,1H3;2-3H2,1H3. The zero-order chi connectivity index (χ0) is 13.8. The van der Waals surface area contributed by atoms with Crippen LogP contribution in [0.2, 0.25) is 0 Å². The summed E-state index contributed by atoms with van der Waals surface area (Å²) in [5.41, 5.74) is 0.810. The van der Waals surface area contributed by atoms with E-state index in [1.54, 1.807) is 13.0 Å². The highest BCUT2D eigenvalue weighted by atomic mass is 16.5. The van der Waals surface area contributed by atoms with E-state index in [0.717, 1.165) is 5.56 Å². The van der Waals surface area contributed by atoms with Gasteiger partial charge in [0.05, 0.1) is 12.7 Å². The van der Waals surface area contributed by atoms with Crippen LogP contribution in [0, 0.1) is 11.3 Å². The summed E-state index contributed by atoms with van der Waals surface area (Å²) < 4.78 is 4.42. The number of hydrogen-bond donors (Lipinski definition) is 0. The van der Waals surface area contributed by atoms with Crippen LogP contribution in [0.15, 0.2) is 30.3 Å². The number of carbonyl (C=O) groups excluding carboxylic acids is 2. The van der Waals surface area contributed by atoms with Crippen molar-refractivity contribution in [2.24, 2.45) is 0 Å².